The molecule has 1 amide bonds. The molecular weight excluding hydrogens is 581 g/mol. The summed E-state index contributed by atoms with van der Waals surface area (Å²) in [4.78, 5) is 19.4. The van der Waals surface area contributed by atoms with Crippen molar-refractivity contribution in [2.45, 2.75) is 112 Å². The van der Waals surface area contributed by atoms with E-state index in [-0.39, 0.29) is 54.6 Å². The van der Waals surface area contributed by atoms with Gasteiger partial charge in [0.1, 0.15) is 24.7 Å². The van der Waals surface area contributed by atoms with Gasteiger partial charge in [-0.25, -0.2) is 4.39 Å². The Balaban J connectivity index is 0.930. The number of piperazine rings is 1. The van der Waals surface area contributed by atoms with Crippen molar-refractivity contribution in [2.24, 2.45) is 11.8 Å². The number of aliphatic hydroxyl groups excluding tert-OH is 4. The summed E-state index contributed by atoms with van der Waals surface area (Å²) in [5.41, 5.74) is 0. The number of fused-ring (bicyclic) bond motifs is 2. The summed E-state index contributed by atoms with van der Waals surface area (Å²) in [6, 6.07) is 0.164. The van der Waals surface area contributed by atoms with Gasteiger partial charge in [0.15, 0.2) is 0 Å². The highest BCUT2D eigenvalue weighted by molar-refractivity contribution is 6.21. The fraction of sp³-hybridized carbons (Fsp3) is 0.967. The molecule has 5 aliphatic heterocycles. The molecule has 5 unspecified atom stereocenters. The third kappa shape index (κ3) is 8.78. The average molecular weight is 634 g/mol. The molecule has 6 N–H and O–H groups in total. The zero-order chi connectivity index (χ0) is 30.5. The van der Waals surface area contributed by atoms with Crippen LogP contribution in [0.2, 0.25) is 0 Å². The van der Waals surface area contributed by atoms with Gasteiger partial charge >= 0.3 is 0 Å². The highest BCUT2D eigenvalue weighted by Crippen LogP contribution is 2.36. The van der Waals surface area contributed by atoms with E-state index < -0.39 is 31.1 Å². The number of alkyl halides is 2. The maximum Gasteiger partial charge on any atom is 0.223 e. The first-order valence-corrected chi connectivity index (χ1v) is 16.9. The number of amides is 1. The summed E-state index contributed by atoms with van der Waals surface area (Å²) < 4.78 is 21.2. The molecule has 6 rings (SSSR count). The van der Waals surface area contributed by atoms with Gasteiger partial charge in [0.2, 0.25) is 5.91 Å². The van der Waals surface area contributed by atoms with Crippen LogP contribution in [0.25, 0.3) is 0 Å². The van der Waals surface area contributed by atoms with Gasteiger partial charge in [0, 0.05) is 77.3 Å². The number of hydrogen-bond acceptors (Lipinski definition) is 10. The predicted octanol–water partition coefficient (Wildman–Crippen LogP) is -0.164. The van der Waals surface area contributed by atoms with E-state index in [0.29, 0.717) is 38.5 Å². The summed E-state index contributed by atoms with van der Waals surface area (Å²) in [5.74, 6) is 0.429. The Bertz CT molecular complexity index is 870. The number of carbonyl (C=O) groups excluding carboxylic acids is 1. The molecule has 1 aliphatic carbocycles. The van der Waals surface area contributed by atoms with Gasteiger partial charge in [0.25, 0.3) is 0 Å². The van der Waals surface area contributed by atoms with Crippen molar-refractivity contribution >= 4 is 17.5 Å². The van der Waals surface area contributed by atoms with Crippen molar-refractivity contribution in [1.82, 2.24) is 25.3 Å². The van der Waals surface area contributed by atoms with E-state index in [1.165, 1.54) is 12.8 Å². The summed E-state index contributed by atoms with van der Waals surface area (Å²) in [6.07, 6.45) is 2.59. The zero-order valence-corrected chi connectivity index (χ0v) is 26.0. The second-order valence-electron chi connectivity index (χ2n) is 13.6. The van der Waals surface area contributed by atoms with Crippen LogP contribution in [0.15, 0.2) is 0 Å². The molecule has 6 aliphatic rings. The molecule has 0 radical (unpaired) electrons. The number of nitrogens with zero attached hydrogens (tertiary/aromatic N) is 3. The van der Waals surface area contributed by atoms with E-state index in [0.717, 1.165) is 51.9 Å². The number of aliphatic hydroxyl groups is 4. The molecule has 0 spiro atoms. The van der Waals surface area contributed by atoms with Crippen LogP contribution < -0.4 is 10.6 Å². The van der Waals surface area contributed by atoms with Crippen LogP contribution in [0, 0.1) is 11.8 Å². The van der Waals surface area contributed by atoms with Crippen molar-refractivity contribution in [2.75, 3.05) is 59.0 Å². The van der Waals surface area contributed by atoms with Crippen LogP contribution in [-0.4, -0.2) is 154 Å². The van der Waals surface area contributed by atoms with Gasteiger partial charge in [0.05, 0.1) is 24.2 Å². The minimum atomic E-state index is -1.42. The van der Waals surface area contributed by atoms with Crippen LogP contribution in [0.4, 0.5) is 4.39 Å². The van der Waals surface area contributed by atoms with E-state index in [4.69, 9.17) is 21.4 Å². The Labute approximate surface area is 260 Å². The van der Waals surface area contributed by atoms with Crippen molar-refractivity contribution < 1.29 is 34.3 Å². The van der Waals surface area contributed by atoms with Crippen LogP contribution in [0.3, 0.4) is 0 Å². The molecule has 1 saturated carbocycles. The number of halogens is 2. The van der Waals surface area contributed by atoms with Crippen molar-refractivity contribution in [3.05, 3.63) is 0 Å². The number of piperidine rings is 2. The molecule has 8 atom stereocenters. The smallest absolute Gasteiger partial charge is 0.223 e. The van der Waals surface area contributed by atoms with Gasteiger partial charge in [-0.2, -0.15) is 0 Å². The molecule has 5 heterocycles. The molecule has 5 saturated heterocycles. The second kappa shape index (κ2) is 15.8. The maximum absolute atomic E-state index is 15.1. The van der Waals surface area contributed by atoms with Gasteiger partial charge in [-0.3, -0.25) is 25.2 Å². The monoisotopic (exact) mass is 633 g/mol. The largest absolute Gasteiger partial charge is 0.394 e. The fourth-order valence-corrected chi connectivity index (χ4v) is 7.94. The van der Waals surface area contributed by atoms with Crippen molar-refractivity contribution in [3.63, 3.8) is 0 Å². The standard InChI is InChI=1S/C30H53ClFN5O6/c31-21-13-33-30(34-14-21)35-7-5-19(6-8-35)2-1-9-43-24-4-3-20(25(32)12-24)10-28(41)36-15-22-11-23(16-36)37(22)17-26(39)29(42)27(40)18-38/h19-27,29-30,33-34,38-40,42H,1-18H2/t20?,21?,22?,23?,24?,25?,26-,27+,29-,30?/m0/s1. The number of carbonyl (C=O) groups is 1. The first-order valence-electron chi connectivity index (χ1n) is 16.5. The first kappa shape index (κ1) is 33.7. The van der Waals surface area contributed by atoms with E-state index in [1.807, 2.05) is 9.80 Å². The molecule has 13 heteroatoms. The predicted molar refractivity (Wildman–Crippen MR) is 160 cm³/mol. The minimum Gasteiger partial charge on any atom is -0.394 e. The lowest BCUT2D eigenvalue weighted by Gasteiger charge is -2.57. The van der Waals surface area contributed by atoms with Gasteiger partial charge in [-0.15, -0.1) is 11.6 Å². The topological polar surface area (TPSA) is 141 Å². The molecule has 43 heavy (non-hydrogen) atoms. The van der Waals surface area contributed by atoms with Crippen molar-refractivity contribution in [3.8, 4) is 0 Å². The maximum atomic E-state index is 15.1. The summed E-state index contributed by atoms with van der Waals surface area (Å²) in [5, 5.41) is 45.9. The van der Waals surface area contributed by atoms with Gasteiger partial charge < -0.3 is 30.1 Å². The normalized spacial score (nSPS) is 36.6. The summed E-state index contributed by atoms with van der Waals surface area (Å²) >= 11 is 6.16. The molecule has 0 aromatic heterocycles. The molecule has 11 nitrogen and oxygen atoms in total. The Morgan fingerprint density at radius 3 is 2.35 bits per heavy atom. The van der Waals surface area contributed by atoms with Crippen LogP contribution in [0.5, 0.6) is 0 Å². The van der Waals surface area contributed by atoms with E-state index >= 15 is 4.39 Å². The van der Waals surface area contributed by atoms with Gasteiger partial charge in [-0.05, 0) is 56.8 Å². The van der Waals surface area contributed by atoms with Crippen LogP contribution in [-0.2, 0) is 9.53 Å². The Hall–Kier alpha value is -0.670. The van der Waals surface area contributed by atoms with Crippen molar-refractivity contribution in [1.29, 1.82) is 0 Å². The summed E-state index contributed by atoms with van der Waals surface area (Å²) in [7, 11) is 0. The molecule has 248 valence electrons. The van der Waals surface area contributed by atoms with E-state index in [9.17, 15) is 20.1 Å². The molecule has 6 fully saturated rings. The molecule has 0 aromatic carbocycles. The number of likely N-dealkylation sites (tertiary alicyclic amines) is 1. The quantitative estimate of drug-likeness (QED) is 0.120. The molecular formula is C30H53ClFN5O6. The van der Waals surface area contributed by atoms with Crippen LogP contribution in [0.1, 0.15) is 57.8 Å². The second-order valence-corrected chi connectivity index (χ2v) is 14.2. The Morgan fingerprint density at radius 1 is 1.00 bits per heavy atom. The third-order valence-corrected chi connectivity index (χ3v) is 10.9. The fourth-order valence-electron chi connectivity index (χ4n) is 7.76. The molecule has 0 aromatic rings. The lowest BCUT2D eigenvalue weighted by molar-refractivity contribution is -0.152. The average Bonchev–Trinajstić information content (AvgIpc) is 3.03. The molecule has 2 bridgehead atoms. The van der Waals surface area contributed by atoms with Gasteiger partial charge in [-0.1, -0.05) is 0 Å². The number of rotatable bonds is 13. The van der Waals surface area contributed by atoms with E-state index in [2.05, 4.69) is 15.5 Å². The number of hydrogen-bond donors (Lipinski definition) is 6. The first-order chi connectivity index (χ1) is 20.7. The zero-order valence-electron chi connectivity index (χ0n) is 25.3. The number of nitrogens with one attached hydrogen (secondary N) is 2. The number of ether oxygens (including phenoxy) is 1. The highest BCUT2D eigenvalue weighted by Gasteiger charge is 2.47. The lowest BCUT2D eigenvalue weighted by atomic mass is 9.82. The highest BCUT2D eigenvalue weighted by atomic mass is 35.5. The SMILES string of the molecule is O=C(CC1CCC(OCCCC2CCN(C3NCC(Cl)CN3)CC2)CC1F)N1CC2CC(C1)N2C[C@H](O)[C@H](O)[C@H](O)CO. The summed E-state index contributed by atoms with van der Waals surface area (Å²) in [6.45, 7) is 5.12. The Kier molecular flexibility index (Phi) is 12.3. The minimum absolute atomic E-state index is 0.0120. The van der Waals surface area contributed by atoms with E-state index in [1.54, 1.807) is 0 Å². The van der Waals surface area contributed by atoms with Crippen LogP contribution >= 0.6 is 11.6 Å². The lowest BCUT2D eigenvalue weighted by Crippen LogP contribution is -2.71. The Morgan fingerprint density at radius 2 is 1.70 bits per heavy atom. The third-order valence-electron chi connectivity index (χ3n) is 10.6.